The second-order valence-corrected chi connectivity index (χ2v) is 5.44. The molecule has 2 heterocycles. The van der Waals surface area contributed by atoms with Gasteiger partial charge >= 0.3 is 5.97 Å². The van der Waals surface area contributed by atoms with Crippen LogP contribution in [0.2, 0.25) is 0 Å². The molecule has 0 radical (unpaired) electrons. The van der Waals surface area contributed by atoms with Gasteiger partial charge in [0.1, 0.15) is 0 Å². The van der Waals surface area contributed by atoms with Crippen molar-refractivity contribution in [1.82, 2.24) is 15.6 Å². The molecule has 1 fully saturated rings. The number of hydrogen-bond acceptors (Lipinski definition) is 4. The molecular weight excluding hydrogens is 270 g/mol. The van der Waals surface area contributed by atoms with E-state index in [9.17, 15) is 9.59 Å². The van der Waals surface area contributed by atoms with Crippen LogP contribution in [0.1, 0.15) is 42.2 Å². The number of carbonyl (C=O) groups excluding carboxylic acids is 1. The zero-order valence-electron chi connectivity index (χ0n) is 12.2. The van der Waals surface area contributed by atoms with E-state index in [2.05, 4.69) is 15.6 Å². The first-order chi connectivity index (χ1) is 10.1. The van der Waals surface area contributed by atoms with E-state index in [4.69, 9.17) is 5.11 Å². The highest BCUT2D eigenvalue weighted by molar-refractivity contribution is 5.87. The van der Waals surface area contributed by atoms with E-state index in [1.54, 1.807) is 6.07 Å². The average molecular weight is 291 g/mol. The van der Waals surface area contributed by atoms with E-state index in [-0.39, 0.29) is 16.9 Å². The predicted molar refractivity (Wildman–Crippen MR) is 77.9 cm³/mol. The summed E-state index contributed by atoms with van der Waals surface area (Å²) in [6.45, 7) is 3.81. The van der Waals surface area contributed by atoms with Crippen LogP contribution < -0.4 is 10.6 Å². The van der Waals surface area contributed by atoms with Crippen molar-refractivity contribution in [2.45, 2.75) is 32.7 Å². The second kappa shape index (κ2) is 6.67. The van der Waals surface area contributed by atoms with Crippen molar-refractivity contribution in [3.8, 4) is 0 Å². The molecule has 3 N–H and O–H groups in total. The molecule has 1 atom stereocenters. The van der Waals surface area contributed by atoms with Crippen LogP contribution in [-0.2, 0) is 11.3 Å². The van der Waals surface area contributed by atoms with Crippen LogP contribution in [0.15, 0.2) is 18.3 Å². The minimum Gasteiger partial charge on any atom is -0.478 e. The van der Waals surface area contributed by atoms with Crippen LogP contribution in [0.25, 0.3) is 0 Å². The summed E-state index contributed by atoms with van der Waals surface area (Å²) >= 11 is 0. The fourth-order valence-corrected chi connectivity index (χ4v) is 2.70. The number of rotatable bonds is 6. The molecule has 0 saturated carbocycles. The third kappa shape index (κ3) is 3.58. The second-order valence-electron chi connectivity index (χ2n) is 5.44. The van der Waals surface area contributed by atoms with Crippen molar-refractivity contribution < 1.29 is 14.7 Å². The maximum atomic E-state index is 12.1. The van der Waals surface area contributed by atoms with E-state index in [1.165, 1.54) is 12.3 Å². The zero-order valence-corrected chi connectivity index (χ0v) is 12.2. The molecule has 1 amide bonds. The number of nitrogens with one attached hydrogen (secondary N) is 2. The summed E-state index contributed by atoms with van der Waals surface area (Å²) in [6.07, 6.45) is 4.15. The minimum absolute atomic E-state index is 0.107. The molecule has 114 valence electrons. The van der Waals surface area contributed by atoms with Crippen molar-refractivity contribution >= 4 is 11.9 Å². The van der Waals surface area contributed by atoms with Gasteiger partial charge in [-0.2, -0.15) is 0 Å². The molecule has 1 aromatic heterocycles. The lowest BCUT2D eigenvalue weighted by Gasteiger charge is -2.35. The lowest BCUT2D eigenvalue weighted by molar-refractivity contribution is -0.133. The Morgan fingerprint density at radius 3 is 3.05 bits per heavy atom. The smallest absolute Gasteiger partial charge is 0.335 e. The Hall–Kier alpha value is -1.95. The van der Waals surface area contributed by atoms with Gasteiger partial charge in [-0.15, -0.1) is 0 Å². The highest BCUT2D eigenvalue weighted by atomic mass is 16.4. The Bertz CT molecular complexity index is 533. The zero-order chi connectivity index (χ0) is 15.3. The molecule has 1 aliphatic rings. The number of pyridine rings is 1. The molecule has 0 aromatic carbocycles. The van der Waals surface area contributed by atoms with Crippen LogP contribution in [0.5, 0.6) is 0 Å². The standard InChI is InChI=1S/C15H21N3O3/c1-2-15(5-3-6-18-14(15)21)10-16-9-12-8-11(13(19)20)4-7-17-12/h4,7-8,16H,2-3,5-6,9-10H2,1H3,(H,18,21)(H,19,20)/t15-/m0/s1. The average Bonchev–Trinajstić information content (AvgIpc) is 2.49. The van der Waals surface area contributed by atoms with E-state index >= 15 is 0 Å². The van der Waals surface area contributed by atoms with E-state index < -0.39 is 5.97 Å². The normalized spacial score (nSPS) is 21.9. The lowest BCUT2D eigenvalue weighted by atomic mass is 9.77. The van der Waals surface area contributed by atoms with Gasteiger partial charge in [0.05, 0.1) is 16.7 Å². The third-order valence-corrected chi connectivity index (χ3v) is 4.11. The van der Waals surface area contributed by atoms with Crippen molar-refractivity contribution in [3.05, 3.63) is 29.6 Å². The van der Waals surface area contributed by atoms with Crippen molar-refractivity contribution in [1.29, 1.82) is 0 Å². The Morgan fingerprint density at radius 1 is 1.57 bits per heavy atom. The van der Waals surface area contributed by atoms with Crippen LogP contribution >= 0.6 is 0 Å². The number of aromatic carboxylic acids is 1. The van der Waals surface area contributed by atoms with E-state index in [1.807, 2.05) is 6.92 Å². The molecule has 1 aliphatic heterocycles. The number of nitrogens with zero attached hydrogens (tertiary/aromatic N) is 1. The van der Waals surface area contributed by atoms with Gasteiger partial charge in [0.25, 0.3) is 0 Å². The molecule has 1 saturated heterocycles. The van der Waals surface area contributed by atoms with Crippen LogP contribution in [-0.4, -0.2) is 35.1 Å². The fraction of sp³-hybridized carbons (Fsp3) is 0.533. The predicted octanol–water partition coefficient (Wildman–Crippen LogP) is 1.18. The summed E-state index contributed by atoms with van der Waals surface area (Å²) in [7, 11) is 0. The number of piperidine rings is 1. The largest absolute Gasteiger partial charge is 0.478 e. The summed E-state index contributed by atoms with van der Waals surface area (Å²) in [6, 6.07) is 3.02. The van der Waals surface area contributed by atoms with Gasteiger partial charge in [-0.3, -0.25) is 9.78 Å². The van der Waals surface area contributed by atoms with Crippen LogP contribution in [0, 0.1) is 5.41 Å². The molecule has 21 heavy (non-hydrogen) atoms. The first kappa shape index (κ1) is 15.4. The molecule has 6 heteroatoms. The molecule has 0 unspecified atom stereocenters. The Morgan fingerprint density at radius 2 is 2.38 bits per heavy atom. The maximum absolute atomic E-state index is 12.1. The summed E-state index contributed by atoms with van der Waals surface area (Å²) in [5, 5.41) is 15.1. The first-order valence-corrected chi connectivity index (χ1v) is 7.25. The van der Waals surface area contributed by atoms with Crippen LogP contribution in [0.3, 0.4) is 0 Å². The van der Waals surface area contributed by atoms with E-state index in [0.29, 0.717) is 18.8 Å². The fourth-order valence-electron chi connectivity index (χ4n) is 2.70. The number of carboxylic acid groups (broad SMARTS) is 1. The topological polar surface area (TPSA) is 91.3 Å². The Kier molecular flexibility index (Phi) is 4.90. The number of hydrogen-bond donors (Lipinski definition) is 3. The summed E-state index contributed by atoms with van der Waals surface area (Å²) < 4.78 is 0. The van der Waals surface area contributed by atoms with Gasteiger partial charge in [-0.25, -0.2) is 4.79 Å². The van der Waals surface area contributed by atoms with E-state index in [0.717, 1.165) is 25.8 Å². The monoisotopic (exact) mass is 291 g/mol. The molecule has 1 aromatic rings. The van der Waals surface area contributed by atoms with Gasteiger partial charge in [0, 0.05) is 25.8 Å². The molecule has 6 nitrogen and oxygen atoms in total. The number of carbonyl (C=O) groups is 2. The van der Waals surface area contributed by atoms with Gasteiger partial charge in [-0.05, 0) is 31.4 Å². The first-order valence-electron chi connectivity index (χ1n) is 7.25. The Balaban J connectivity index is 1.95. The van der Waals surface area contributed by atoms with Gasteiger partial charge < -0.3 is 15.7 Å². The molecule has 0 bridgehead atoms. The van der Waals surface area contributed by atoms with Crippen molar-refractivity contribution in [2.75, 3.05) is 13.1 Å². The SMILES string of the molecule is CC[C@@]1(CNCc2cc(C(=O)O)ccn2)CCCNC1=O. The van der Waals surface area contributed by atoms with Gasteiger partial charge in [0.2, 0.25) is 5.91 Å². The van der Waals surface area contributed by atoms with Gasteiger partial charge in [-0.1, -0.05) is 6.92 Å². The van der Waals surface area contributed by atoms with Crippen LogP contribution in [0.4, 0.5) is 0 Å². The van der Waals surface area contributed by atoms with Gasteiger partial charge in [0.15, 0.2) is 0 Å². The minimum atomic E-state index is -0.963. The molecular formula is C15H21N3O3. The quantitative estimate of drug-likeness (QED) is 0.732. The lowest BCUT2D eigenvalue weighted by Crippen LogP contribution is -2.50. The molecule has 0 aliphatic carbocycles. The summed E-state index contributed by atoms with van der Waals surface area (Å²) in [5.41, 5.74) is 0.530. The highest BCUT2D eigenvalue weighted by Gasteiger charge is 2.37. The number of carboxylic acids is 1. The highest BCUT2D eigenvalue weighted by Crippen LogP contribution is 2.30. The van der Waals surface area contributed by atoms with Crippen molar-refractivity contribution in [2.24, 2.45) is 5.41 Å². The maximum Gasteiger partial charge on any atom is 0.335 e. The van der Waals surface area contributed by atoms with Crippen molar-refractivity contribution in [3.63, 3.8) is 0 Å². The molecule has 2 rings (SSSR count). The molecule has 0 spiro atoms. The summed E-state index contributed by atoms with van der Waals surface area (Å²) in [5.74, 6) is -0.855. The number of amides is 1. The third-order valence-electron chi connectivity index (χ3n) is 4.11. The summed E-state index contributed by atoms with van der Waals surface area (Å²) in [4.78, 5) is 27.1. The Labute approximate surface area is 124 Å². The number of aromatic nitrogens is 1.